The molecule has 0 bridgehead atoms. The monoisotopic (exact) mass is 564 g/mol. The Balaban J connectivity index is 1.38. The largest absolute Gasteiger partial charge is 0.504 e. The van der Waals surface area contributed by atoms with Crippen LogP contribution >= 0.6 is 0 Å². The molecule has 1 saturated carbocycles. The molecule has 2 aliphatic heterocycles. The molecule has 5 unspecified atom stereocenters. The maximum Gasteiger partial charge on any atom is 0.161 e. The number of nitrogens with two attached hydrogens (primary N) is 1. The highest BCUT2D eigenvalue weighted by atomic mass is 16.5. The zero-order valence-corrected chi connectivity index (χ0v) is 25.4. The third-order valence-electron chi connectivity index (χ3n) is 8.90. The van der Waals surface area contributed by atoms with Gasteiger partial charge in [-0.05, 0) is 99.8 Å². The van der Waals surface area contributed by atoms with Crippen LogP contribution in [0.2, 0.25) is 0 Å². The van der Waals surface area contributed by atoms with Gasteiger partial charge in [0.2, 0.25) is 0 Å². The van der Waals surface area contributed by atoms with Crippen molar-refractivity contribution in [3.8, 4) is 23.3 Å². The van der Waals surface area contributed by atoms with Gasteiger partial charge in [0.15, 0.2) is 11.5 Å². The second kappa shape index (κ2) is 15.7. The summed E-state index contributed by atoms with van der Waals surface area (Å²) >= 11 is 0. The van der Waals surface area contributed by atoms with E-state index in [1.165, 1.54) is 25.7 Å². The van der Waals surface area contributed by atoms with Crippen molar-refractivity contribution in [3.05, 3.63) is 47.2 Å². The molecule has 0 radical (unpaired) electrons. The first-order valence-corrected chi connectivity index (χ1v) is 16.0. The van der Waals surface area contributed by atoms with E-state index in [1.807, 2.05) is 24.4 Å². The van der Waals surface area contributed by atoms with E-state index in [2.05, 4.69) is 37.9 Å². The number of fused-ring (bicyclic) bond motifs is 1. The van der Waals surface area contributed by atoms with Gasteiger partial charge in [-0.3, -0.25) is 0 Å². The van der Waals surface area contributed by atoms with E-state index in [9.17, 15) is 10.2 Å². The zero-order valence-electron chi connectivity index (χ0n) is 25.4. The zero-order chi connectivity index (χ0) is 29.2. The Morgan fingerprint density at radius 1 is 1.12 bits per heavy atom. The molecule has 4 rings (SSSR count). The van der Waals surface area contributed by atoms with Crippen molar-refractivity contribution >= 4 is 0 Å². The molecular formula is C35H52N2O4. The molecule has 226 valence electrons. The summed E-state index contributed by atoms with van der Waals surface area (Å²) in [5.41, 5.74) is 9.15. The Labute approximate surface area is 247 Å². The number of phenolic OH excluding ortho intramolecular Hbond substituents is 1. The van der Waals surface area contributed by atoms with Gasteiger partial charge in [0.25, 0.3) is 0 Å². The first-order chi connectivity index (χ1) is 19.8. The van der Waals surface area contributed by atoms with Crippen molar-refractivity contribution in [2.24, 2.45) is 23.5 Å². The molecule has 0 saturated heterocycles. The van der Waals surface area contributed by atoms with Crippen LogP contribution in [0.3, 0.4) is 0 Å². The molecule has 2 heterocycles. The number of nitrogens with one attached hydrogen (secondary N) is 1. The third-order valence-corrected chi connectivity index (χ3v) is 8.90. The summed E-state index contributed by atoms with van der Waals surface area (Å²) in [4.78, 5) is 0. The van der Waals surface area contributed by atoms with E-state index in [1.54, 1.807) is 6.07 Å². The first kappa shape index (κ1) is 31.5. The molecule has 1 fully saturated rings. The lowest BCUT2D eigenvalue weighted by Crippen LogP contribution is -2.35. The predicted octanol–water partition coefficient (Wildman–Crippen LogP) is 6.36. The minimum atomic E-state index is -0.480. The minimum absolute atomic E-state index is 0.0420. The van der Waals surface area contributed by atoms with Gasteiger partial charge in [-0.2, -0.15) is 0 Å². The molecular weight excluding hydrogens is 512 g/mol. The summed E-state index contributed by atoms with van der Waals surface area (Å²) in [6, 6.07) is 5.60. The van der Waals surface area contributed by atoms with Gasteiger partial charge in [0.05, 0.1) is 31.1 Å². The highest BCUT2D eigenvalue weighted by Gasteiger charge is 2.24. The van der Waals surface area contributed by atoms with Crippen molar-refractivity contribution in [2.45, 2.75) is 122 Å². The average molecular weight is 565 g/mol. The molecule has 1 aromatic carbocycles. The molecule has 1 aliphatic carbocycles. The van der Waals surface area contributed by atoms with Crippen LogP contribution in [0.25, 0.3) is 0 Å². The summed E-state index contributed by atoms with van der Waals surface area (Å²) < 4.78 is 12.6. The van der Waals surface area contributed by atoms with Crippen LogP contribution in [0.1, 0.15) is 97.0 Å². The van der Waals surface area contributed by atoms with Gasteiger partial charge >= 0.3 is 0 Å². The van der Waals surface area contributed by atoms with Crippen LogP contribution in [-0.4, -0.2) is 41.3 Å². The normalized spacial score (nSPS) is 26.4. The van der Waals surface area contributed by atoms with Crippen molar-refractivity contribution in [1.82, 2.24) is 5.32 Å². The van der Waals surface area contributed by atoms with Crippen LogP contribution in [-0.2, 0) is 11.2 Å². The number of aliphatic hydroxyl groups excluding tert-OH is 1. The number of rotatable bonds is 10. The van der Waals surface area contributed by atoms with E-state index in [0.717, 1.165) is 55.2 Å². The van der Waals surface area contributed by atoms with E-state index in [4.69, 9.17) is 15.2 Å². The summed E-state index contributed by atoms with van der Waals surface area (Å²) in [6.07, 6.45) is 15.3. The van der Waals surface area contributed by atoms with Crippen LogP contribution in [0, 0.1) is 29.6 Å². The van der Waals surface area contributed by atoms with Crippen molar-refractivity contribution in [1.29, 1.82) is 0 Å². The van der Waals surface area contributed by atoms with Crippen LogP contribution < -0.4 is 15.8 Å². The molecule has 3 aliphatic rings. The topological polar surface area (TPSA) is 97.0 Å². The lowest BCUT2D eigenvalue weighted by atomic mass is 9.83. The Bertz CT molecular complexity index is 1100. The number of dihydropyridines is 1. The lowest BCUT2D eigenvalue weighted by molar-refractivity contribution is 0.0138. The van der Waals surface area contributed by atoms with Gasteiger partial charge in [-0.15, -0.1) is 0 Å². The second-order valence-electron chi connectivity index (χ2n) is 12.9. The number of benzene rings is 1. The summed E-state index contributed by atoms with van der Waals surface area (Å²) in [6.45, 7) is 7.25. The number of phenols is 1. The van der Waals surface area contributed by atoms with Crippen molar-refractivity contribution in [2.75, 3.05) is 6.61 Å². The highest BCUT2D eigenvalue weighted by molar-refractivity contribution is 5.48. The third kappa shape index (κ3) is 10.1. The predicted molar refractivity (Wildman–Crippen MR) is 165 cm³/mol. The van der Waals surface area contributed by atoms with E-state index in [-0.39, 0.29) is 30.0 Å². The number of ether oxygens (including phenoxy) is 2. The van der Waals surface area contributed by atoms with Crippen molar-refractivity contribution in [3.63, 3.8) is 0 Å². The number of aromatic hydroxyl groups is 1. The smallest absolute Gasteiger partial charge is 0.161 e. The fourth-order valence-corrected chi connectivity index (χ4v) is 6.15. The lowest BCUT2D eigenvalue weighted by Gasteiger charge is -2.26. The number of hydrogen-bond donors (Lipinski definition) is 4. The van der Waals surface area contributed by atoms with Gasteiger partial charge < -0.3 is 30.7 Å². The Morgan fingerprint density at radius 3 is 2.71 bits per heavy atom. The number of aliphatic hydroxyl groups is 1. The second-order valence-corrected chi connectivity index (χ2v) is 12.9. The fourth-order valence-electron chi connectivity index (χ4n) is 6.15. The van der Waals surface area contributed by atoms with E-state index < -0.39 is 6.10 Å². The fraction of sp³-hybridized carbons (Fsp3) is 0.657. The van der Waals surface area contributed by atoms with Crippen molar-refractivity contribution < 1.29 is 19.7 Å². The molecule has 5 N–H and O–H groups in total. The maximum absolute atomic E-state index is 11.1. The Morgan fingerprint density at radius 2 is 1.93 bits per heavy atom. The van der Waals surface area contributed by atoms with Crippen LogP contribution in [0.5, 0.6) is 11.5 Å². The quantitative estimate of drug-likeness (QED) is 0.247. The molecule has 0 aromatic heterocycles. The Kier molecular flexibility index (Phi) is 12.0. The summed E-state index contributed by atoms with van der Waals surface area (Å²) in [5, 5.41) is 24.6. The van der Waals surface area contributed by atoms with Crippen LogP contribution in [0.15, 0.2) is 41.6 Å². The van der Waals surface area contributed by atoms with E-state index >= 15 is 0 Å². The molecule has 6 heteroatoms. The SMILES string of the molecule is CC(C)CCC1CCC(CC(O)CCc2ccc(O)c(OC3CCCCC3)c2)OCC2=CNC(N)C=C2C#CC1C. The molecule has 5 atom stereocenters. The number of aryl methyl sites for hydroxylation is 1. The summed E-state index contributed by atoms with van der Waals surface area (Å²) in [5.74, 6) is 9.13. The maximum atomic E-state index is 11.1. The molecule has 0 amide bonds. The van der Waals surface area contributed by atoms with Gasteiger partial charge in [-0.25, -0.2) is 0 Å². The molecule has 6 nitrogen and oxygen atoms in total. The molecule has 41 heavy (non-hydrogen) atoms. The number of hydrogen-bond acceptors (Lipinski definition) is 6. The van der Waals surface area contributed by atoms with Crippen LogP contribution in [0.4, 0.5) is 0 Å². The standard InChI is InChI=1S/C35H52N2O4/c1-24(2)9-13-27-15-17-32(40-23-29-22-37-35(36)20-28(29)14-10-25(27)3)21-30(38)16-11-26-12-18-33(39)34(19-26)41-31-7-5-4-6-8-31/h12,18-20,22,24-25,27,30-32,35,37-39H,4-9,11,13,15-17,21,23,36H2,1-3H3. The highest BCUT2D eigenvalue weighted by Crippen LogP contribution is 2.32. The first-order valence-electron chi connectivity index (χ1n) is 16.0. The molecule has 0 spiro atoms. The van der Waals surface area contributed by atoms with E-state index in [0.29, 0.717) is 37.0 Å². The molecule has 1 aromatic rings. The summed E-state index contributed by atoms with van der Waals surface area (Å²) in [7, 11) is 0. The minimum Gasteiger partial charge on any atom is -0.504 e. The van der Waals surface area contributed by atoms with Gasteiger partial charge in [-0.1, -0.05) is 51.5 Å². The Hall–Kier alpha value is -2.46. The van der Waals surface area contributed by atoms with Gasteiger partial charge in [0.1, 0.15) is 0 Å². The van der Waals surface area contributed by atoms with Gasteiger partial charge in [0, 0.05) is 23.3 Å². The average Bonchev–Trinajstić information content (AvgIpc) is 2.98.